The molecule has 3 N–H and O–H groups in total. The molecule has 2 aromatic rings. The third-order valence-corrected chi connectivity index (χ3v) is 4.19. The number of hydrogen-bond acceptors (Lipinski definition) is 8. The minimum atomic E-state index is 0.211. The van der Waals surface area contributed by atoms with Crippen molar-refractivity contribution in [2.45, 2.75) is 24.8 Å². The molecule has 0 spiro atoms. The van der Waals surface area contributed by atoms with Crippen molar-refractivity contribution in [3.05, 3.63) is 24.0 Å². The van der Waals surface area contributed by atoms with Crippen LogP contribution in [0.2, 0.25) is 0 Å². The third kappa shape index (κ3) is 5.47. The number of likely N-dealkylation sites (N-methyl/N-ethyl adjacent to an activating group) is 1. The highest BCUT2D eigenvalue weighted by Gasteiger charge is 2.14. The highest BCUT2D eigenvalue weighted by atomic mass is 32.2. The number of rotatable bonds is 8. The first kappa shape index (κ1) is 19.3. The minimum Gasteiger partial charge on any atom is -0.451 e. The Labute approximate surface area is 153 Å². The summed E-state index contributed by atoms with van der Waals surface area (Å²) in [7, 11) is 4.03. The molecule has 136 valence electrons. The lowest BCUT2D eigenvalue weighted by Gasteiger charge is -2.17. The molecule has 0 radical (unpaired) electrons. The molecule has 2 rings (SSSR count). The normalized spacial score (nSPS) is 11.2. The fourth-order valence-electron chi connectivity index (χ4n) is 2.17. The molecule has 0 aliphatic heterocycles. The Kier molecular flexibility index (Phi) is 6.83. The first-order valence-electron chi connectivity index (χ1n) is 8.13. The van der Waals surface area contributed by atoms with Crippen LogP contribution in [-0.2, 0) is 0 Å². The maximum absolute atomic E-state index is 6.15. The van der Waals surface area contributed by atoms with E-state index in [1.807, 2.05) is 32.6 Å². The van der Waals surface area contributed by atoms with Gasteiger partial charge in [-0.05, 0) is 26.3 Å². The molecule has 0 bridgehead atoms. The van der Waals surface area contributed by atoms with Crippen molar-refractivity contribution in [1.82, 2.24) is 19.9 Å². The maximum Gasteiger partial charge on any atom is 0.222 e. The van der Waals surface area contributed by atoms with Gasteiger partial charge in [-0.3, -0.25) is 0 Å². The molecule has 7 nitrogen and oxygen atoms in total. The predicted molar refractivity (Wildman–Crippen MR) is 104 cm³/mol. The van der Waals surface area contributed by atoms with E-state index in [1.54, 1.807) is 18.0 Å². The minimum absolute atomic E-state index is 0.211. The van der Waals surface area contributed by atoms with E-state index in [4.69, 9.17) is 10.5 Å². The third-order valence-electron chi connectivity index (χ3n) is 3.55. The lowest BCUT2D eigenvalue weighted by atomic mass is 10.1. The van der Waals surface area contributed by atoms with Gasteiger partial charge in [0.25, 0.3) is 0 Å². The highest BCUT2D eigenvalue weighted by molar-refractivity contribution is 7.98. The molecule has 25 heavy (non-hydrogen) atoms. The van der Waals surface area contributed by atoms with Crippen molar-refractivity contribution in [3.63, 3.8) is 0 Å². The van der Waals surface area contributed by atoms with Crippen LogP contribution in [0.15, 0.2) is 23.5 Å². The standard InChI is InChI=1S/C17H26N6OS/c1-11(2)12-9-20-15(25-5)8-13(12)24-14-10-21-17(18)22-16(14)19-6-7-23(3)4/h8-11H,6-7H2,1-5H3,(H3,18,19,21,22). The van der Waals surface area contributed by atoms with Crippen LogP contribution in [0.1, 0.15) is 25.3 Å². The SMILES string of the molecule is CSc1cc(Oc2cnc(N)nc2NCCN(C)C)c(C(C)C)cn1. The number of pyridine rings is 1. The lowest BCUT2D eigenvalue weighted by molar-refractivity contribution is 0.424. The van der Waals surface area contributed by atoms with Gasteiger partial charge < -0.3 is 20.7 Å². The molecular formula is C17H26N6OS. The fraction of sp³-hybridized carbons (Fsp3) is 0.471. The van der Waals surface area contributed by atoms with Crippen molar-refractivity contribution < 1.29 is 4.74 Å². The second kappa shape index (κ2) is 8.87. The fourth-order valence-corrected chi connectivity index (χ4v) is 2.55. The van der Waals surface area contributed by atoms with E-state index in [0.717, 1.165) is 29.4 Å². The van der Waals surface area contributed by atoms with Gasteiger partial charge in [-0.2, -0.15) is 4.98 Å². The van der Waals surface area contributed by atoms with Crippen LogP contribution >= 0.6 is 11.8 Å². The topological polar surface area (TPSA) is 89.2 Å². The molecule has 0 fully saturated rings. The van der Waals surface area contributed by atoms with Crippen molar-refractivity contribution in [2.75, 3.05) is 44.5 Å². The molecule has 0 atom stereocenters. The predicted octanol–water partition coefficient (Wildman–Crippen LogP) is 3.06. The number of nitrogens with one attached hydrogen (secondary N) is 1. The van der Waals surface area contributed by atoms with Crippen molar-refractivity contribution in [3.8, 4) is 11.5 Å². The van der Waals surface area contributed by atoms with Gasteiger partial charge in [0.2, 0.25) is 5.95 Å². The van der Waals surface area contributed by atoms with Gasteiger partial charge >= 0.3 is 0 Å². The molecule has 0 aromatic carbocycles. The number of nitrogens with two attached hydrogens (primary N) is 1. The van der Waals surface area contributed by atoms with Crippen LogP contribution < -0.4 is 15.8 Å². The molecular weight excluding hydrogens is 336 g/mol. The van der Waals surface area contributed by atoms with Gasteiger partial charge in [0.05, 0.1) is 11.2 Å². The Balaban J connectivity index is 2.30. The van der Waals surface area contributed by atoms with E-state index in [2.05, 4.69) is 39.0 Å². The smallest absolute Gasteiger partial charge is 0.222 e. The molecule has 0 saturated heterocycles. The van der Waals surface area contributed by atoms with Gasteiger partial charge in [-0.15, -0.1) is 11.8 Å². The van der Waals surface area contributed by atoms with E-state index in [-0.39, 0.29) is 5.95 Å². The van der Waals surface area contributed by atoms with Crippen LogP contribution in [0.5, 0.6) is 11.5 Å². The summed E-state index contributed by atoms with van der Waals surface area (Å²) in [5.74, 6) is 2.40. The molecule has 2 aromatic heterocycles. The zero-order chi connectivity index (χ0) is 18.4. The van der Waals surface area contributed by atoms with Crippen LogP contribution in [0.3, 0.4) is 0 Å². The zero-order valence-corrected chi connectivity index (χ0v) is 16.2. The Hall–Kier alpha value is -2.06. The summed E-state index contributed by atoms with van der Waals surface area (Å²) in [4.78, 5) is 14.9. The van der Waals surface area contributed by atoms with E-state index < -0.39 is 0 Å². The second-order valence-corrected chi connectivity index (χ2v) is 7.02. The van der Waals surface area contributed by atoms with Crippen LogP contribution in [-0.4, -0.2) is 53.3 Å². The summed E-state index contributed by atoms with van der Waals surface area (Å²) in [5.41, 5.74) is 6.77. The van der Waals surface area contributed by atoms with Crippen LogP contribution in [0.4, 0.5) is 11.8 Å². The van der Waals surface area contributed by atoms with Crippen LogP contribution in [0, 0.1) is 0 Å². The summed E-state index contributed by atoms with van der Waals surface area (Å²) in [6.45, 7) is 5.81. The van der Waals surface area contributed by atoms with Gasteiger partial charge in [0.1, 0.15) is 5.75 Å². The summed E-state index contributed by atoms with van der Waals surface area (Å²) >= 11 is 1.57. The Morgan fingerprint density at radius 2 is 2.00 bits per heavy atom. The van der Waals surface area contributed by atoms with Crippen molar-refractivity contribution in [2.24, 2.45) is 0 Å². The number of ether oxygens (including phenoxy) is 1. The number of anilines is 2. The lowest BCUT2D eigenvalue weighted by Crippen LogP contribution is -2.21. The molecule has 0 saturated carbocycles. The first-order valence-corrected chi connectivity index (χ1v) is 9.36. The second-order valence-electron chi connectivity index (χ2n) is 6.19. The van der Waals surface area contributed by atoms with E-state index in [0.29, 0.717) is 17.5 Å². The number of hydrogen-bond donors (Lipinski definition) is 2. The summed E-state index contributed by atoms with van der Waals surface area (Å²) in [6, 6.07) is 1.94. The number of thioether (sulfide) groups is 1. The van der Waals surface area contributed by atoms with Crippen LogP contribution in [0.25, 0.3) is 0 Å². The van der Waals surface area contributed by atoms with Gasteiger partial charge in [-0.25, -0.2) is 9.97 Å². The Bertz CT molecular complexity index is 708. The molecule has 0 unspecified atom stereocenters. The molecule has 0 amide bonds. The first-order chi connectivity index (χ1) is 11.9. The Morgan fingerprint density at radius 3 is 2.64 bits per heavy atom. The summed E-state index contributed by atoms with van der Waals surface area (Å²) < 4.78 is 6.15. The maximum atomic E-state index is 6.15. The zero-order valence-electron chi connectivity index (χ0n) is 15.4. The molecule has 0 aliphatic rings. The van der Waals surface area contributed by atoms with Crippen molar-refractivity contribution in [1.29, 1.82) is 0 Å². The summed E-state index contributed by atoms with van der Waals surface area (Å²) in [6.07, 6.45) is 5.45. The average molecular weight is 363 g/mol. The Morgan fingerprint density at radius 1 is 1.24 bits per heavy atom. The van der Waals surface area contributed by atoms with Gasteiger partial charge in [-0.1, -0.05) is 13.8 Å². The van der Waals surface area contributed by atoms with E-state index in [9.17, 15) is 0 Å². The quantitative estimate of drug-likeness (QED) is 0.693. The van der Waals surface area contributed by atoms with Crippen molar-refractivity contribution >= 4 is 23.5 Å². The number of aromatic nitrogens is 3. The van der Waals surface area contributed by atoms with E-state index >= 15 is 0 Å². The average Bonchev–Trinajstić information content (AvgIpc) is 2.56. The number of nitrogens with zero attached hydrogens (tertiary/aromatic N) is 4. The molecule has 0 aliphatic carbocycles. The van der Waals surface area contributed by atoms with Gasteiger partial charge in [0, 0.05) is 30.9 Å². The molecule has 2 heterocycles. The summed E-state index contributed by atoms with van der Waals surface area (Å²) in [5, 5.41) is 4.17. The highest BCUT2D eigenvalue weighted by Crippen LogP contribution is 2.34. The largest absolute Gasteiger partial charge is 0.451 e. The monoisotopic (exact) mass is 362 g/mol. The van der Waals surface area contributed by atoms with E-state index in [1.165, 1.54) is 0 Å². The molecule has 8 heteroatoms. The number of nitrogen functional groups attached to an aromatic ring is 1. The van der Waals surface area contributed by atoms with Gasteiger partial charge in [0.15, 0.2) is 11.6 Å².